The lowest BCUT2D eigenvalue weighted by atomic mass is 10.2. The third kappa shape index (κ3) is 1.98. The van der Waals surface area contributed by atoms with Crippen LogP contribution in [0.1, 0.15) is 12.7 Å². The van der Waals surface area contributed by atoms with E-state index in [2.05, 4.69) is 15.0 Å². The summed E-state index contributed by atoms with van der Waals surface area (Å²) < 4.78 is 13.5. The second-order valence-electron chi connectivity index (χ2n) is 3.30. The molecular weight excluding hydrogens is 207 g/mol. The number of pyridine rings is 1. The fourth-order valence-corrected chi connectivity index (χ4v) is 1.40. The van der Waals surface area contributed by atoms with E-state index in [-0.39, 0.29) is 0 Å². The Morgan fingerprint density at radius 3 is 2.88 bits per heavy atom. The summed E-state index contributed by atoms with van der Waals surface area (Å²) in [5.74, 6) is 0.534. The van der Waals surface area contributed by atoms with Crippen LogP contribution in [0.2, 0.25) is 0 Å². The first kappa shape index (κ1) is 10.5. The number of halogens is 1. The number of anilines is 1. The highest BCUT2D eigenvalue weighted by atomic mass is 19.1. The van der Waals surface area contributed by atoms with Crippen molar-refractivity contribution in [3.8, 4) is 11.3 Å². The Labute approximate surface area is 92.4 Å². The summed E-state index contributed by atoms with van der Waals surface area (Å²) in [5, 5.41) is 0. The van der Waals surface area contributed by atoms with Gasteiger partial charge in [0.2, 0.25) is 0 Å². The van der Waals surface area contributed by atoms with E-state index in [1.165, 1.54) is 6.20 Å². The normalized spacial score (nSPS) is 10.4. The zero-order chi connectivity index (χ0) is 11.5. The molecule has 0 fully saturated rings. The van der Waals surface area contributed by atoms with Gasteiger partial charge < -0.3 is 5.73 Å². The molecule has 0 bridgehead atoms. The van der Waals surface area contributed by atoms with Gasteiger partial charge in [0.25, 0.3) is 0 Å². The van der Waals surface area contributed by atoms with Crippen molar-refractivity contribution in [1.82, 2.24) is 15.0 Å². The van der Waals surface area contributed by atoms with Gasteiger partial charge >= 0.3 is 0 Å². The average Bonchev–Trinajstić information content (AvgIpc) is 2.28. The lowest BCUT2D eigenvalue weighted by Gasteiger charge is -2.05. The first-order valence-electron chi connectivity index (χ1n) is 4.94. The molecule has 2 aromatic heterocycles. The molecule has 0 aromatic carbocycles. The first-order valence-corrected chi connectivity index (χ1v) is 4.94. The lowest BCUT2D eigenvalue weighted by Crippen LogP contribution is -2.01. The van der Waals surface area contributed by atoms with E-state index in [4.69, 9.17) is 5.73 Å². The maximum atomic E-state index is 13.5. The summed E-state index contributed by atoms with van der Waals surface area (Å²) in [4.78, 5) is 11.9. The number of aromatic nitrogens is 3. The average molecular weight is 218 g/mol. The topological polar surface area (TPSA) is 64.7 Å². The van der Waals surface area contributed by atoms with Gasteiger partial charge in [0, 0.05) is 24.2 Å². The number of nitrogens with two attached hydrogens (primary N) is 1. The monoisotopic (exact) mass is 218 g/mol. The second-order valence-corrected chi connectivity index (χ2v) is 3.30. The van der Waals surface area contributed by atoms with Gasteiger partial charge in [-0.25, -0.2) is 14.4 Å². The van der Waals surface area contributed by atoms with Gasteiger partial charge in [-0.3, -0.25) is 4.98 Å². The molecule has 2 aromatic rings. The molecule has 0 aliphatic rings. The Morgan fingerprint density at radius 1 is 1.38 bits per heavy atom. The molecule has 0 atom stereocenters. The number of rotatable bonds is 2. The van der Waals surface area contributed by atoms with Crippen molar-refractivity contribution in [3.05, 3.63) is 36.2 Å². The highest BCUT2D eigenvalue weighted by Gasteiger charge is 2.08. The van der Waals surface area contributed by atoms with Crippen molar-refractivity contribution < 1.29 is 4.39 Å². The molecule has 0 saturated carbocycles. The minimum Gasteiger partial charge on any atom is -0.384 e. The molecule has 0 saturated heterocycles. The van der Waals surface area contributed by atoms with Gasteiger partial charge in [0.05, 0.1) is 11.9 Å². The molecule has 5 heteroatoms. The molecule has 0 amide bonds. The molecule has 2 rings (SSSR count). The molecule has 82 valence electrons. The number of nitrogens with zero attached hydrogens (tertiary/aromatic N) is 3. The maximum absolute atomic E-state index is 13.5. The fraction of sp³-hybridized carbons (Fsp3) is 0.182. The third-order valence-corrected chi connectivity index (χ3v) is 2.16. The summed E-state index contributed by atoms with van der Waals surface area (Å²) in [6.45, 7) is 1.92. The highest BCUT2D eigenvalue weighted by Crippen LogP contribution is 2.21. The number of hydrogen-bond acceptors (Lipinski definition) is 4. The minimum atomic E-state index is -0.414. The van der Waals surface area contributed by atoms with E-state index < -0.39 is 5.82 Å². The van der Waals surface area contributed by atoms with Crippen LogP contribution in [-0.4, -0.2) is 15.0 Å². The molecule has 0 aliphatic heterocycles. The Hall–Kier alpha value is -2.04. The summed E-state index contributed by atoms with van der Waals surface area (Å²) >= 11 is 0. The predicted molar refractivity (Wildman–Crippen MR) is 59.0 cm³/mol. The molecular formula is C11H11FN4. The maximum Gasteiger partial charge on any atom is 0.150 e. The zero-order valence-electron chi connectivity index (χ0n) is 8.81. The molecule has 0 unspecified atom stereocenters. The Balaban J connectivity index is 2.56. The Bertz CT molecular complexity index is 513. The van der Waals surface area contributed by atoms with Crippen LogP contribution in [0.15, 0.2) is 24.5 Å². The van der Waals surface area contributed by atoms with Crippen molar-refractivity contribution in [2.45, 2.75) is 13.3 Å². The van der Waals surface area contributed by atoms with Crippen molar-refractivity contribution in [2.75, 3.05) is 5.73 Å². The van der Waals surface area contributed by atoms with Crippen molar-refractivity contribution in [1.29, 1.82) is 0 Å². The van der Waals surface area contributed by atoms with Crippen LogP contribution in [-0.2, 0) is 6.42 Å². The van der Waals surface area contributed by atoms with Gasteiger partial charge in [-0.2, -0.15) is 0 Å². The van der Waals surface area contributed by atoms with Gasteiger partial charge in [-0.1, -0.05) is 6.92 Å². The molecule has 0 aliphatic carbocycles. The van der Waals surface area contributed by atoms with E-state index in [1.807, 2.05) is 6.92 Å². The SMILES string of the molecule is CCc1nc(N)cc(-c2ccncc2F)n1. The van der Waals surface area contributed by atoms with Crippen molar-refractivity contribution in [2.24, 2.45) is 0 Å². The van der Waals surface area contributed by atoms with Gasteiger partial charge in [0.1, 0.15) is 11.6 Å². The smallest absolute Gasteiger partial charge is 0.150 e. The van der Waals surface area contributed by atoms with Crippen molar-refractivity contribution >= 4 is 5.82 Å². The van der Waals surface area contributed by atoms with Crippen LogP contribution in [0.4, 0.5) is 10.2 Å². The van der Waals surface area contributed by atoms with Crippen LogP contribution in [0, 0.1) is 5.82 Å². The largest absolute Gasteiger partial charge is 0.384 e. The Morgan fingerprint density at radius 2 is 2.19 bits per heavy atom. The zero-order valence-corrected chi connectivity index (χ0v) is 8.81. The third-order valence-electron chi connectivity index (χ3n) is 2.16. The minimum absolute atomic E-state index is 0.345. The highest BCUT2D eigenvalue weighted by molar-refractivity contribution is 5.61. The van der Waals surface area contributed by atoms with E-state index >= 15 is 0 Å². The Kier molecular flexibility index (Phi) is 2.76. The summed E-state index contributed by atoms with van der Waals surface area (Å²) in [6.07, 6.45) is 3.33. The molecule has 2 heterocycles. The van der Waals surface area contributed by atoms with Crippen LogP contribution < -0.4 is 5.73 Å². The molecule has 2 N–H and O–H groups in total. The van der Waals surface area contributed by atoms with Crippen molar-refractivity contribution in [3.63, 3.8) is 0 Å². The van der Waals surface area contributed by atoms with E-state index in [0.717, 1.165) is 6.20 Å². The standard InChI is InChI=1S/C11H11FN4/c1-2-11-15-9(5-10(13)16-11)7-3-4-14-6-8(7)12/h3-6H,2H2,1H3,(H2,13,15,16). The van der Waals surface area contributed by atoms with E-state index in [0.29, 0.717) is 29.3 Å². The summed E-state index contributed by atoms with van der Waals surface area (Å²) in [6, 6.07) is 3.12. The summed E-state index contributed by atoms with van der Waals surface area (Å²) in [5.41, 5.74) is 6.51. The van der Waals surface area contributed by atoms with E-state index in [1.54, 1.807) is 12.1 Å². The summed E-state index contributed by atoms with van der Waals surface area (Å²) in [7, 11) is 0. The van der Waals surface area contributed by atoms with Gasteiger partial charge in [-0.15, -0.1) is 0 Å². The number of aryl methyl sites for hydroxylation is 1. The molecule has 16 heavy (non-hydrogen) atoms. The number of hydrogen-bond donors (Lipinski definition) is 1. The van der Waals surface area contributed by atoms with Gasteiger partial charge in [-0.05, 0) is 6.07 Å². The van der Waals surface area contributed by atoms with E-state index in [9.17, 15) is 4.39 Å². The molecule has 0 radical (unpaired) electrons. The number of nitrogen functional groups attached to an aromatic ring is 1. The van der Waals surface area contributed by atoms with Crippen LogP contribution in [0.3, 0.4) is 0 Å². The molecule has 0 spiro atoms. The van der Waals surface area contributed by atoms with Crippen LogP contribution >= 0.6 is 0 Å². The van der Waals surface area contributed by atoms with Crippen LogP contribution in [0.25, 0.3) is 11.3 Å². The quantitative estimate of drug-likeness (QED) is 0.835. The predicted octanol–water partition coefficient (Wildman–Crippen LogP) is 1.82. The lowest BCUT2D eigenvalue weighted by molar-refractivity contribution is 0.624. The first-order chi connectivity index (χ1) is 7.70. The van der Waals surface area contributed by atoms with Crippen LogP contribution in [0.5, 0.6) is 0 Å². The van der Waals surface area contributed by atoms with Gasteiger partial charge in [0.15, 0.2) is 5.82 Å². The fourth-order valence-electron chi connectivity index (χ4n) is 1.40. The second kappa shape index (κ2) is 4.22. The molecule has 4 nitrogen and oxygen atoms in total.